The molecule has 1 saturated heterocycles. The Bertz CT molecular complexity index is 1280. The molecule has 4 aliphatic rings. The van der Waals surface area contributed by atoms with Gasteiger partial charge in [-0.25, -0.2) is 0 Å². The van der Waals surface area contributed by atoms with Gasteiger partial charge in [0.05, 0.1) is 11.2 Å². The molecule has 3 N–H and O–H groups in total. The van der Waals surface area contributed by atoms with E-state index in [1.807, 2.05) is 6.92 Å². The summed E-state index contributed by atoms with van der Waals surface area (Å²) in [5.74, 6) is 0. The molecule has 5 heteroatoms. The Hall–Kier alpha value is -2.40. The number of H-pyrrole nitrogens is 1. The van der Waals surface area contributed by atoms with Crippen LogP contribution in [0.25, 0.3) is 6.08 Å². The van der Waals surface area contributed by atoms with Crippen LogP contribution < -0.4 is 5.32 Å². The smallest absolute Gasteiger partial charge is 0.127 e. The second-order valence-corrected chi connectivity index (χ2v) is 13.6. The zero-order valence-electron chi connectivity index (χ0n) is 23.2. The lowest BCUT2D eigenvalue weighted by atomic mass is 9.63. The molecule has 1 aromatic heterocycles. The zero-order chi connectivity index (χ0) is 25.8. The van der Waals surface area contributed by atoms with E-state index in [9.17, 15) is 5.11 Å². The molecule has 8 bridgehead atoms. The molecule has 0 unspecified atom stereocenters. The number of aliphatic imine (C=N–C) groups is 2. The van der Waals surface area contributed by atoms with Crippen molar-refractivity contribution in [2.75, 3.05) is 0 Å². The van der Waals surface area contributed by atoms with Gasteiger partial charge in [0, 0.05) is 51.5 Å². The van der Waals surface area contributed by atoms with Gasteiger partial charge in [-0.1, -0.05) is 41.5 Å². The Morgan fingerprint density at radius 1 is 0.829 bits per heavy atom. The standard InChI is InChI=1S/C30H42N4O/c1-17-18(2)25-29(9,35)30(10)28(7,8)16-21(34-30)13-24-27(5,6)15-20(32-24)12-23-26(3,4)14-19(31-23)11-22(17)33-25/h11-13,32-33,35H,14-16H2,1-10H3/b19-11-,20-12-,24-13-/t29-,30+/m0/s1. The van der Waals surface area contributed by atoms with E-state index in [1.165, 1.54) is 11.4 Å². The quantitative estimate of drug-likeness (QED) is 0.402. The van der Waals surface area contributed by atoms with E-state index < -0.39 is 11.1 Å². The molecule has 1 fully saturated rings. The van der Waals surface area contributed by atoms with Gasteiger partial charge in [-0.2, -0.15) is 0 Å². The van der Waals surface area contributed by atoms with Crippen molar-refractivity contribution in [2.45, 2.75) is 99.6 Å². The second-order valence-electron chi connectivity index (χ2n) is 13.6. The minimum absolute atomic E-state index is 0.0163. The number of hydrogen-bond acceptors (Lipinski definition) is 4. The normalized spacial score (nSPS) is 36.8. The molecule has 4 aliphatic heterocycles. The van der Waals surface area contributed by atoms with Gasteiger partial charge in [0.1, 0.15) is 5.60 Å². The Morgan fingerprint density at radius 2 is 1.51 bits per heavy atom. The fourth-order valence-electron chi connectivity index (χ4n) is 6.51. The number of aromatic nitrogens is 1. The summed E-state index contributed by atoms with van der Waals surface area (Å²) in [6.45, 7) is 21.9. The van der Waals surface area contributed by atoms with E-state index in [-0.39, 0.29) is 16.2 Å². The summed E-state index contributed by atoms with van der Waals surface area (Å²) in [7, 11) is 0. The van der Waals surface area contributed by atoms with Crippen molar-refractivity contribution >= 4 is 17.5 Å². The van der Waals surface area contributed by atoms with Gasteiger partial charge in [0.2, 0.25) is 0 Å². The van der Waals surface area contributed by atoms with Crippen LogP contribution in [-0.4, -0.2) is 27.1 Å². The third-order valence-corrected chi connectivity index (χ3v) is 9.51. The van der Waals surface area contributed by atoms with E-state index >= 15 is 0 Å². The van der Waals surface area contributed by atoms with Crippen molar-refractivity contribution in [1.82, 2.24) is 10.3 Å². The van der Waals surface area contributed by atoms with Gasteiger partial charge >= 0.3 is 0 Å². The monoisotopic (exact) mass is 474 g/mol. The first-order valence-electron chi connectivity index (χ1n) is 13.0. The average Bonchev–Trinajstić information content (AvgIpc) is 3.33. The lowest BCUT2D eigenvalue weighted by Crippen LogP contribution is -2.54. The number of aliphatic hydroxyl groups is 1. The number of rotatable bonds is 0. The van der Waals surface area contributed by atoms with E-state index in [1.54, 1.807) is 0 Å². The first kappa shape index (κ1) is 24.3. The molecule has 0 aromatic carbocycles. The summed E-state index contributed by atoms with van der Waals surface area (Å²) < 4.78 is 0. The minimum atomic E-state index is -1.17. The lowest BCUT2D eigenvalue weighted by molar-refractivity contribution is -0.0639. The predicted octanol–water partition coefficient (Wildman–Crippen LogP) is 6.48. The van der Waals surface area contributed by atoms with Crippen molar-refractivity contribution in [3.8, 4) is 0 Å². The summed E-state index contributed by atoms with van der Waals surface area (Å²) in [4.78, 5) is 14.0. The third kappa shape index (κ3) is 3.45. The van der Waals surface area contributed by atoms with Gasteiger partial charge in [-0.3, -0.25) is 9.98 Å². The van der Waals surface area contributed by atoms with Gasteiger partial charge in [0.15, 0.2) is 0 Å². The van der Waals surface area contributed by atoms with E-state index in [0.717, 1.165) is 58.9 Å². The SMILES string of the molecule is Cc1c2[nH]c(c1C)[C@](C)(O)[C@]1(C)N=C(/C=C3\N/C(=C\C4=NC(=C\2)/CC4(C)C)CC3(C)C)CC1(C)C. The summed E-state index contributed by atoms with van der Waals surface area (Å²) in [6.07, 6.45) is 9.32. The first-order valence-corrected chi connectivity index (χ1v) is 13.0. The molecule has 1 aromatic rings. The molecule has 2 atom stereocenters. The maximum absolute atomic E-state index is 12.2. The molecule has 0 radical (unpaired) electrons. The Morgan fingerprint density at radius 3 is 2.20 bits per heavy atom. The molecule has 5 heterocycles. The maximum Gasteiger partial charge on any atom is 0.127 e. The van der Waals surface area contributed by atoms with Crippen LogP contribution in [0.3, 0.4) is 0 Å². The van der Waals surface area contributed by atoms with Crippen molar-refractivity contribution < 1.29 is 5.11 Å². The molecule has 0 spiro atoms. The van der Waals surface area contributed by atoms with Crippen LogP contribution in [0.4, 0.5) is 0 Å². The fourth-order valence-corrected chi connectivity index (χ4v) is 6.51. The maximum atomic E-state index is 12.2. The highest BCUT2D eigenvalue weighted by atomic mass is 16.3. The average molecular weight is 475 g/mol. The van der Waals surface area contributed by atoms with Gasteiger partial charge in [-0.15, -0.1) is 0 Å². The first-order chi connectivity index (χ1) is 16.0. The largest absolute Gasteiger partial charge is 0.381 e. The molecule has 0 saturated carbocycles. The third-order valence-electron chi connectivity index (χ3n) is 9.51. The number of allylic oxidation sites excluding steroid dienone is 5. The van der Waals surface area contributed by atoms with Gasteiger partial charge in [0.25, 0.3) is 0 Å². The highest BCUT2D eigenvalue weighted by Crippen LogP contribution is 2.54. The minimum Gasteiger partial charge on any atom is -0.381 e. The molecule has 5 rings (SSSR count). The Balaban J connectivity index is 1.78. The lowest BCUT2D eigenvalue weighted by Gasteiger charge is -2.46. The van der Waals surface area contributed by atoms with Crippen LogP contribution in [0.5, 0.6) is 0 Å². The van der Waals surface area contributed by atoms with Crippen LogP contribution in [-0.2, 0) is 5.60 Å². The molecule has 188 valence electrons. The van der Waals surface area contributed by atoms with Crippen molar-refractivity contribution in [3.05, 3.63) is 51.8 Å². The number of aromatic amines is 1. The number of nitrogens with one attached hydrogen (secondary N) is 2. The molecular formula is C30H42N4O. The van der Waals surface area contributed by atoms with Crippen LogP contribution in [0.15, 0.2) is 39.2 Å². The van der Waals surface area contributed by atoms with Crippen molar-refractivity contribution in [1.29, 1.82) is 0 Å². The number of hydrogen-bond donors (Lipinski definition) is 3. The van der Waals surface area contributed by atoms with Crippen molar-refractivity contribution in [3.63, 3.8) is 0 Å². The fraction of sp³-hybridized carbons (Fsp3) is 0.600. The summed E-state index contributed by atoms with van der Waals surface area (Å²) in [5, 5.41) is 16.0. The van der Waals surface area contributed by atoms with Crippen LogP contribution in [0, 0.1) is 30.1 Å². The highest BCUT2D eigenvalue weighted by Gasteiger charge is 2.58. The summed E-state index contributed by atoms with van der Waals surface area (Å²) in [5.41, 5.74) is 7.63. The Kier molecular flexibility index (Phi) is 4.92. The predicted molar refractivity (Wildman–Crippen MR) is 146 cm³/mol. The van der Waals surface area contributed by atoms with Crippen LogP contribution >= 0.6 is 0 Å². The van der Waals surface area contributed by atoms with E-state index in [0.29, 0.717) is 0 Å². The van der Waals surface area contributed by atoms with Crippen LogP contribution in [0.2, 0.25) is 0 Å². The summed E-state index contributed by atoms with van der Waals surface area (Å²) in [6, 6.07) is 0. The van der Waals surface area contributed by atoms with E-state index in [4.69, 9.17) is 9.98 Å². The Labute approximate surface area is 210 Å². The van der Waals surface area contributed by atoms with Gasteiger partial charge in [-0.05, 0) is 75.3 Å². The molecular weight excluding hydrogens is 432 g/mol. The van der Waals surface area contributed by atoms with E-state index in [2.05, 4.69) is 90.8 Å². The molecule has 35 heavy (non-hydrogen) atoms. The molecule has 5 nitrogen and oxygen atoms in total. The zero-order valence-corrected chi connectivity index (χ0v) is 23.2. The molecule has 0 amide bonds. The van der Waals surface area contributed by atoms with Gasteiger partial charge < -0.3 is 15.4 Å². The number of fused-ring (bicyclic) bond motifs is 6. The summed E-state index contributed by atoms with van der Waals surface area (Å²) >= 11 is 0. The van der Waals surface area contributed by atoms with Crippen LogP contribution in [0.1, 0.15) is 97.2 Å². The molecule has 0 aliphatic carbocycles. The highest BCUT2D eigenvalue weighted by molar-refractivity contribution is 6.03. The number of nitrogens with zero attached hydrogens (tertiary/aromatic N) is 2. The topological polar surface area (TPSA) is 72.8 Å². The second kappa shape index (κ2) is 7.09. The van der Waals surface area contributed by atoms with Crippen molar-refractivity contribution in [2.24, 2.45) is 26.2 Å².